The minimum absolute atomic E-state index is 0.869. The second-order valence-electron chi connectivity index (χ2n) is 1.66. The normalized spacial score (nSPS) is 22.7. The van der Waals surface area contributed by atoms with Crippen molar-refractivity contribution < 1.29 is 0 Å². The Hall–Kier alpha value is 0.765. The highest BCUT2D eigenvalue weighted by Crippen LogP contribution is 2.25. The van der Waals surface area contributed by atoms with Gasteiger partial charge in [0.25, 0.3) is 5.27 Å². The molecule has 0 aromatic carbocycles. The van der Waals surface area contributed by atoms with E-state index < -0.39 is 0 Å². The molecule has 1 rings (SSSR count). The van der Waals surface area contributed by atoms with Gasteiger partial charge in [-0.05, 0) is 17.9 Å². The highest BCUT2D eigenvalue weighted by Gasteiger charge is 2.11. The summed E-state index contributed by atoms with van der Waals surface area (Å²) in [6.07, 6.45) is 1.42. The number of hydrogen-bond acceptors (Lipinski definition) is 2. The zero-order valence-electron chi connectivity index (χ0n) is 4.52. The summed E-state index contributed by atoms with van der Waals surface area (Å²) in [6.45, 7) is 2.29. The molecule has 3 heteroatoms. The molecule has 0 spiro atoms. The molecule has 1 aliphatic heterocycles. The zero-order chi connectivity index (χ0) is 5.11. The van der Waals surface area contributed by atoms with E-state index in [4.69, 9.17) is 0 Å². The fraction of sp³-hybridized carbons (Fsp3) is 1.00. The summed E-state index contributed by atoms with van der Waals surface area (Å²) in [7, 11) is 0. The molecule has 0 atom stereocenters. The fourth-order valence-electron chi connectivity index (χ4n) is 0.606. The van der Waals surface area contributed by atoms with Crippen molar-refractivity contribution in [3.63, 3.8) is 0 Å². The van der Waals surface area contributed by atoms with Crippen LogP contribution in [0.25, 0.3) is 0 Å². The summed E-state index contributed by atoms with van der Waals surface area (Å²) in [6, 6.07) is 0. The Morgan fingerprint density at radius 3 is 2.14 bits per heavy atom. The van der Waals surface area contributed by atoms with E-state index in [0.29, 0.717) is 0 Å². The van der Waals surface area contributed by atoms with E-state index in [-0.39, 0.29) is 0 Å². The van der Waals surface area contributed by atoms with Gasteiger partial charge in [0, 0.05) is 0 Å². The van der Waals surface area contributed by atoms with E-state index in [1.54, 1.807) is 0 Å². The van der Waals surface area contributed by atoms with Crippen LogP contribution in [0.5, 0.6) is 0 Å². The molecule has 0 aliphatic carbocycles. The lowest BCUT2D eigenvalue weighted by Gasteiger charge is -2.12. The fourth-order valence-corrected chi connectivity index (χ4v) is 3.04. The summed E-state index contributed by atoms with van der Waals surface area (Å²) in [5.41, 5.74) is 0. The molecule has 1 fully saturated rings. The van der Waals surface area contributed by atoms with E-state index in [9.17, 15) is 0 Å². The largest absolute Gasteiger partial charge is 0.270 e. The van der Waals surface area contributed by atoms with Crippen LogP contribution in [-0.4, -0.2) is 16.8 Å². The van der Waals surface area contributed by atoms with Gasteiger partial charge in [-0.2, -0.15) is 23.2 Å². The van der Waals surface area contributed by atoms with Crippen molar-refractivity contribution in [1.29, 1.82) is 0 Å². The van der Waals surface area contributed by atoms with Crippen LogP contribution in [0.15, 0.2) is 0 Å². The maximum absolute atomic E-state index is 2.29. The molecule has 1 saturated heterocycles. The lowest BCUT2D eigenvalue weighted by molar-refractivity contribution is 1.13. The van der Waals surface area contributed by atoms with Gasteiger partial charge in [0.05, 0.1) is 0 Å². The van der Waals surface area contributed by atoms with Crippen molar-refractivity contribution in [1.82, 2.24) is 0 Å². The summed E-state index contributed by atoms with van der Waals surface area (Å²) in [5, 5.41) is 0.869. The molecule has 0 amide bonds. The van der Waals surface area contributed by atoms with Gasteiger partial charge in [-0.15, -0.1) is 0 Å². The van der Waals surface area contributed by atoms with Gasteiger partial charge in [0.15, 0.2) is 0 Å². The van der Waals surface area contributed by atoms with E-state index in [1.165, 1.54) is 17.9 Å². The molecule has 0 bridgehead atoms. The zero-order valence-corrected chi connectivity index (χ0v) is 6.15. The second-order valence-corrected chi connectivity index (χ2v) is 4.86. The monoisotopic (exact) mass is 132 g/mol. The molecule has 1 heterocycles. The van der Waals surface area contributed by atoms with Crippen molar-refractivity contribution in [2.24, 2.45) is 0 Å². The Labute approximate surface area is 53.7 Å². The van der Waals surface area contributed by atoms with Crippen LogP contribution in [0.1, 0.15) is 6.42 Å². The first kappa shape index (κ1) is 5.89. The number of rotatable bonds is 0. The third kappa shape index (κ3) is 2.00. The minimum atomic E-state index is 0.869. The first-order valence-electron chi connectivity index (χ1n) is 2.63. The van der Waals surface area contributed by atoms with Gasteiger partial charge >= 0.3 is 0 Å². The lowest BCUT2D eigenvalue weighted by Crippen LogP contribution is -2.05. The van der Waals surface area contributed by atoms with Gasteiger partial charge in [0.2, 0.25) is 0 Å². The molecule has 1 aliphatic rings. The Morgan fingerprint density at radius 1 is 1.29 bits per heavy atom. The first-order valence-corrected chi connectivity index (χ1v) is 4.72. The molecule has 7 heavy (non-hydrogen) atoms. The van der Waals surface area contributed by atoms with Crippen LogP contribution < -0.4 is 0 Å². The third-order valence-electron chi connectivity index (χ3n) is 0.994. The SMILES string of the molecule is CB1SCCCS1. The molecule has 0 N–H and O–H groups in total. The molecule has 0 aromatic rings. The van der Waals surface area contributed by atoms with Crippen LogP contribution in [0, 0.1) is 0 Å². The van der Waals surface area contributed by atoms with Crippen molar-refractivity contribution >= 4 is 28.5 Å². The van der Waals surface area contributed by atoms with Crippen LogP contribution in [-0.2, 0) is 0 Å². The average molecular weight is 132 g/mol. The molecular weight excluding hydrogens is 123 g/mol. The van der Waals surface area contributed by atoms with Crippen LogP contribution in [0.3, 0.4) is 0 Å². The summed E-state index contributed by atoms with van der Waals surface area (Å²) >= 11 is 4.16. The summed E-state index contributed by atoms with van der Waals surface area (Å²) in [5.74, 6) is 2.77. The molecule has 0 saturated carbocycles. The van der Waals surface area contributed by atoms with Crippen molar-refractivity contribution in [3.8, 4) is 0 Å². The lowest BCUT2D eigenvalue weighted by atomic mass is 10.2. The van der Waals surface area contributed by atoms with Gasteiger partial charge in [-0.25, -0.2) is 0 Å². The van der Waals surface area contributed by atoms with E-state index in [1.807, 2.05) is 0 Å². The quantitative estimate of drug-likeness (QED) is 0.462. The van der Waals surface area contributed by atoms with Crippen molar-refractivity contribution in [3.05, 3.63) is 0 Å². The third-order valence-corrected chi connectivity index (χ3v) is 3.80. The van der Waals surface area contributed by atoms with Gasteiger partial charge in [-0.1, -0.05) is 6.82 Å². The predicted octanol–water partition coefficient (Wildman–Crippen LogP) is 1.97. The van der Waals surface area contributed by atoms with Gasteiger partial charge in [-0.3, -0.25) is 0 Å². The summed E-state index contributed by atoms with van der Waals surface area (Å²) in [4.78, 5) is 0. The van der Waals surface area contributed by atoms with Crippen LogP contribution in [0.2, 0.25) is 6.82 Å². The highest BCUT2D eigenvalue weighted by molar-refractivity contribution is 8.54. The molecule has 0 aromatic heterocycles. The standard InChI is InChI=1S/C4H9BS2/c1-5-6-3-2-4-7-5/h2-4H2,1H3. The molecule has 0 radical (unpaired) electrons. The maximum atomic E-state index is 2.29. The first-order chi connectivity index (χ1) is 3.39. The Morgan fingerprint density at radius 2 is 1.86 bits per heavy atom. The molecule has 0 nitrogen and oxygen atoms in total. The van der Waals surface area contributed by atoms with Gasteiger partial charge < -0.3 is 0 Å². The maximum Gasteiger partial charge on any atom is 0.270 e. The second kappa shape index (κ2) is 2.93. The number of hydrogen-bond donors (Lipinski definition) is 0. The Bertz CT molecular complexity index is 51.7. The van der Waals surface area contributed by atoms with Crippen molar-refractivity contribution in [2.75, 3.05) is 11.5 Å². The smallest absolute Gasteiger partial charge is 0.196 e. The van der Waals surface area contributed by atoms with Crippen molar-refractivity contribution in [2.45, 2.75) is 13.2 Å². The predicted molar refractivity (Wildman–Crippen MR) is 41.2 cm³/mol. The minimum Gasteiger partial charge on any atom is -0.196 e. The Balaban J connectivity index is 2.12. The van der Waals surface area contributed by atoms with Gasteiger partial charge in [0.1, 0.15) is 0 Å². The Kier molecular flexibility index (Phi) is 2.46. The van der Waals surface area contributed by atoms with Crippen LogP contribution in [0.4, 0.5) is 0 Å². The molecular formula is C4H9BS2. The van der Waals surface area contributed by atoms with E-state index in [2.05, 4.69) is 30.0 Å². The molecule has 40 valence electrons. The highest BCUT2D eigenvalue weighted by atomic mass is 32.2. The topological polar surface area (TPSA) is 0 Å². The van der Waals surface area contributed by atoms with Crippen LogP contribution >= 0.6 is 23.2 Å². The molecule has 0 unspecified atom stereocenters. The summed E-state index contributed by atoms with van der Waals surface area (Å²) < 4.78 is 0. The average Bonchev–Trinajstić information content (AvgIpc) is 1.69. The van der Waals surface area contributed by atoms with E-state index in [0.717, 1.165) is 5.27 Å². The van der Waals surface area contributed by atoms with E-state index >= 15 is 0 Å².